The number of anilines is 1. The third-order valence-electron chi connectivity index (χ3n) is 3.44. The minimum atomic E-state index is -0.641. The van der Waals surface area contributed by atoms with Crippen LogP contribution in [0.3, 0.4) is 0 Å². The molecule has 0 bridgehead atoms. The van der Waals surface area contributed by atoms with Crippen molar-refractivity contribution in [2.45, 2.75) is 6.61 Å². The Hall–Kier alpha value is -3.48. The fourth-order valence-corrected chi connectivity index (χ4v) is 2.31. The number of nitro benzene ring substituents is 1. The van der Waals surface area contributed by atoms with Gasteiger partial charge in [0.15, 0.2) is 0 Å². The van der Waals surface area contributed by atoms with Crippen LogP contribution in [0.5, 0.6) is 0 Å². The summed E-state index contributed by atoms with van der Waals surface area (Å²) in [6, 6.07) is 13.6. The second-order valence-corrected chi connectivity index (χ2v) is 5.00. The number of amides is 1. The lowest BCUT2D eigenvalue weighted by atomic mass is 10.1. The van der Waals surface area contributed by atoms with E-state index in [0.717, 1.165) is 5.56 Å². The lowest BCUT2D eigenvalue weighted by Gasteiger charge is -2.09. The van der Waals surface area contributed by atoms with E-state index in [2.05, 4.69) is 10.3 Å². The maximum absolute atomic E-state index is 12.0. The first kappa shape index (κ1) is 15.4. The van der Waals surface area contributed by atoms with Gasteiger partial charge < -0.3 is 4.74 Å². The monoisotopic (exact) mass is 323 g/mol. The fraction of sp³-hybridized carbons (Fsp3) is 0.0588. The van der Waals surface area contributed by atoms with Gasteiger partial charge in [0.1, 0.15) is 6.61 Å². The molecule has 0 saturated heterocycles. The van der Waals surface area contributed by atoms with E-state index < -0.39 is 11.0 Å². The fourth-order valence-electron chi connectivity index (χ4n) is 2.31. The molecule has 0 aliphatic carbocycles. The van der Waals surface area contributed by atoms with Crippen LogP contribution in [-0.2, 0) is 11.3 Å². The maximum Gasteiger partial charge on any atom is 0.411 e. The van der Waals surface area contributed by atoms with Crippen molar-refractivity contribution in [1.82, 2.24) is 4.98 Å². The van der Waals surface area contributed by atoms with E-state index in [0.29, 0.717) is 16.5 Å². The largest absolute Gasteiger partial charge is 0.444 e. The van der Waals surface area contributed by atoms with Crippen molar-refractivity contribution in [2.24, 2.45) is 0 Å². The van der Waals surface area contributed by atoms with Crippen molar-refractivity contribution < 1.29 is 14.5 Å². The van der Waals surface area contributed by atoms with Gasteiger partial charge in [-0.15, -0.1) is 0 Å². The highest BCUT2D eigenvalue weighted by atomic mass is 16.6. The van der Waals surface area contributed by atoms with Crippen molar-refractivity contribution in [3.8, 4) is 0 Å². The van der Waals surface area contributed by atoms with Crippen molar-refractivity contribution in [3.63, 3.8) is 0 Å². The SMILES string of the molecule is O=C(Nc1ccc([N+](=O)[O-])c2ccncc12)OCc1ccccc1. The van der Waals surface area contributed by atoms with Crippen LogP contribution in [0.2, 0.25) is 0 Å². The Morgan fingerprint density at radius 2 is 1.92 bits per heavy atom. The number of carbonyl (C=O) groups is 1. The second kappa shape index (κ2) is 6.74. The molecule has 0 spiro atoms. The van der Waals surface area contributed by atoms with Crippen molar-refractivity contribution in [1.29, 1.82) is 0 Å². The number of nitrogens with zero attached hydrogens (tertiary/aromatic N) is 2. The summed E-state index contributed by atoms with van der Waals surface area (Å²) in [6.07, 6.45) is 2.29. The minimum absolute atomic E-state index is 0.0457. The molecule has 1 heterocycles. The normalized spacial score (nSPS) is 10.3. The molecule has 0 saturated carbocycles. The first-order chi connectivity index (χ1) is 11.6. The van der Waals surface area contributed by atoms with Gasteiger partial charge in [0, 0.05) is 23.8 Å². The van der Waals surface area contributed by atoms with Crippen LogP contribution in [-0.4, -0.2) is 16.0 Å². The van der Waals surface area contributed by atoms with Crippen LogP contribution in [0.4, 0.5) is 16.2 Å². The zero-order valence-corrected chi connectivity index (χ0v) is 12.5. The summed E-state index contributed by atoms with van der Waals surface area (Å²) >= 11 is 0. The zero-order valence-electron chi connectivity index (χ0n) is 12.5. The third kappa shape index (κ3) is 3.30. The molecule has 3 aromatic rings. The minimum Gasteiger partial charge on any atom is -0.444 e. The average Bonchev–Trinajstić information content (AvgIpc) is 2.61. The number of hydrogen-bond donors (Lipinski definition) is 1. The van der Waals surface area contributed by atoms with E-state index >= 15 is 0 Å². The molecule has 0 aliphatic heterocycles. The lowest BCUT2D eigenvalue weighted by molar-refractivity contribution is -0.383. The molecule has 2 aromatic carbocycles. The number of ether oxygens (including phenoxy) is 1. The summed E-state index contributed by atoms with van der Waals surface area (Å²) in [4.78, 5) is 26.5. The molecule has 1 aromatic heterocycles. The highest BCUT2D eigenvalue weighted by molar-refractivity contribution is 6.03. The number of benzene rings is 2. The van der Waals surface area contributed by atoms with Crippen LogP contribution in [0.25, 0.3) is 10.8 Å². The predicted molar refractivity (Wildman–Crippen MR) is 88.6 cm³/mol. The summed E-state index contributed by atoms with van der Waals surface area (Å²) in [5.74, 6) is 0. The molecule has 7 heteroatoms. The Labute approximate surface area is 137 Å². The molecule has 120 valence electrons. The van der Waals surface area contributed by atoms with Crippen LogP contribution in [0.1, 0.15) is 5.56 Å². The van der Waals surface area contributed by atoms with E-state index in [-0.39, 0.29) is 12.3 Å². The molecule has 7 nitrogen and oxygen atoms in total. The highest BCUT2D eigenvalue weighted by Gasteiger charge is 2.15. The van der Waals surface area contributed by atoms with Gasteiger partial charge in [-0.2, -0.15) is 0 Å². The molecular formula is C17H13N3O4. The van der Waals surface area contributed by atoms with E-state index in [9.17, 15) is 14.9 Å². The van der Waals surface area contributed by atoms with Gasteiger partial charge in [-0.1, -0.05) is 30.3 Å². The number of hydrogen-bond acceptors (Lipinski definition) is 5. The quantitative estimate of drug-likeness (QED) is 0.580. The van der Waals surface area contributed by atoms with Crippen LogP contribution < -0.4 is 5.32 Å². The first-order valence-corrected chi connectivity index (χ1v) is 7.14. The molecular weight excluding hydrogens is 310 g/mol. The standard InChI is InChI=1S/C17H13N3O4/c21-17(24-11-12-4-2-1-3-5-12)19-15-6-7-16(20(22)23)13-8-9-18-10-14(13)15/h1-10H,11H2,(H,19,21). The van der Waals surface area contributed by atoms with Gasteiger partial charge in [-0.25, -0.2) is 4.79 Å². The smallest absolute Gasteiger partial charge is 0.411 e. The molecule has 1 amide bonds. The Morgan fingerprint density at radius 1 is 1.12 bits per heavy atom. The second-order valence-electron chi connectivity index (χ2n) is 5.00. The van der Waals surface area contributed by atoms with Gasteiger partial charge in [0.25, 0.3) is 5.69 Å². The number of nitro groups is 1. The summed E-state index contributed by atoms with van der Waals surface area (Å²) in [5.41, 5.74) is 1.22. The van der Waals surface area contributed by atoms with E-state index in [1.54, 1.807) is 0 Å². The molecule has 0 aliphatic rings. The molecule has 24 heavy (non-hydrogen) atoms. The highest BCUT2D eigenvalue weighted by Crippen LogP contribution is 2.30. The molecule has 0 atom stereocenters. The van der Waals surface area contributed by atoms with Gasteiger partial charge in [-0.05, 0) is 17.7 Å². The Kier molecular flexibility index (Phi) is 4.33. The van der Waals surface area contributed by atoms with E-state index in [4.69, 9.17) is 4.74 Å². The number of aromatic nitrogens is 1. The Balaban J connectivity index is 1.79. The maximum atomic E-state index is 12.0. The van der Waals surface area contributed by atoms with Crippen molar-refractivity contribution in [3.05, 3.63) is 76.6 Å². The first-order valence-electron chi connectivity index (χ1n) is 7.14. The Bertz CT molecular complexity index is 897. The molecule has 1 N–H and O–H groups in total. The molecule has 0 unspecified atom stereocenters. The Morgan fingerprint density at radius 3 is 2.67 bits per heavy atom. The van der Waals surface area contributed by atoms with Crippen molar-refractivity contribution >= 4 is 28.2 Å². The molecule has 0 fully saturated rings. The molecule has 0 radical (unpaired) electrons. The number of pyridine rings is 1. The van der Waals surface area contributed by atoms with E-state index in [1.165, 1.54) is 30.6 Å². The van der Waals surface area contributed by atoms with Gasteiger partial charge >= 0.3 is 6.09 Å². The van der Waals surface area contributed by atoms with Crippen LogP contribution >= 0.6 is 0 Å². The average molecular weight is 323 g/mol. The molecule has 3 rings (SSSR count). The summed E-state index contributed by atoms with van der Waals surface area (Å²) in [6.45, 7) is 0.135. The van der Waals surface area contributed by atoms with E-state index in [1.807, 2.05) is 30.3 Å². The number of carbonyl (C=O) groups excluding carboxylic acids is 1. The van der Waals surface area contributed by atoms with Gasteiger partial charge in [0.2, 0.25) is 0 Å². The topological polar surface area (TPSA) is 94.4 Å². The summed E-state index contributed by atoms with van der Waals surface area (Å²) in [5, 5.41) is 14.6. The van der Waals surface area contributed by atoms with Crippen LogP contribution in [0, 0.1) is 10.1 Å². The van der Waals surface area contributed by atoms with Crippen LogP contribution in [0.15, 0.2) is 60.9 Å². The number of nitrogens with one attached hydrogen (secondary N) is 1. The van der Waals surface area contributed by atoms with Crippen molar-refractivity contribution in [2.75, 3.05) is 5.32 Å². The number of non-ortho nitro benzene ring substituents is 1. The number of fused-ring (bicyclic) bond motifs is 1. The third-order valence-corrected chi connectivity index (χ3v) is 3.44. The zero-order chi connectivity index (χ0) is 16.9. The lowest BCUT2D eigenvalue weighted by Crippen LogP contribution is -2.14. The van der Waals surface area contributed by atoms with Gasteiger partial charge in [-0.3, -0.25) is 20.4 Å². The van der Waals surface area contributed by atoms with Gasteiger partial charge in [0.05, 0.1) is 16.0 Å². The summed E-state index contributed by atoms with van der Waals surface area (Å²) in [7, 11) is 0. The summed E-state index contributed by atoms with van der Waals surface area (Å²) < 4.78 is 5.15. The predicted octanol–water partition coefficient (Wildman–Crippen LogP) is 3.89. The number of rotatable bonds is 4.